The van der Waals surface area contributed by atoms with Crippen LogP contribution in [0.25, 0.3) is 0 Å². The molecular formula is C6H14N2O3S. The molecule has 72 valence electrons. The van der Waals surface area contributed by atoms with Crippen molar-refractivity contribution in [3.8, 4) is 0 Å². The third-order valence-electron chi connectivity index (χ3n) is 1.20. The Morgan fingerprint density at radius 1 is 1.25 bits per heavy atom. The van der Waals surface area contributed by atoms with Crippen molar-refractivity contribution in [2.24, 2.45) is 0 Å². The van der Waals surface area contributed by atoms with Gasteiger partial charge in [0.05, 0.1) is 6.26 Å². The van der Waals surface area contributed by atoms with Gasteiger partial charge in [-0.3, -0.25) is 4.79 Å². The first kappa shape index (κ1) is 11.4. The largest absolute Gasteiger partial charge is 0.359 e. The van der Waals surface area contributed by atoms with Gasteiger partial charge in [0, 0.05) is 13.1 Å². The van der Waals surface area contributed by atoms with Gasteiger partial charge in [-0.15, -0.1) is 0 Å². The van der Waals surface area contributed by atoms with Crippen LogP contribution in [-0.4, -0.2) is 34.2 Å². The Bertz CT molecular complexity index is 213. The van der Waals surface area contributed by atoms with Gasteiger partial charge in [-0.05, 0) is 12.8 Å². The summed E-state index contributed by atoms with van der Waals surface area (Å²) < 4.78 is 23.4. The summed E-state index contributed by atoms with van der Waals surface area (Å²) in [6.07, 6.45) is 3.26. The van der Waals surface area contributed by atoms with Gasteiger partial charge in [0.2, 0.25) is 16.4 Å². The van der Waals surface area contributed by atoms with Crippen molar-refractivity contribution in [2.45, 2.75) is 12.8 Å². The summed E-state index contributed by atoms with van der Waals surface area (Å²) >= 11 is 0. The monoisotopic (exact) mass is 194 g/mol. The van der Waals surface area contributed by atoms with Crippen molar-refractivity contribution < 1.29 is 13.2 Å². The number of hydrogen-bond acceptors (Lipinski definition) is 3. The standard InChI is InChI=1S/C6H14N2O3S/c1-12(10,11)8-5-3-2-4-7-6-9/h6,8H,2-5H2,1H3,(H,7,9). The minimum Gasteiger partial charge on any atom is -0.359 e. The fourth-order valence-electron chi connectivity index (χ4n) is 0.669. The van der Waals surface area contributed by atoms with Gasteiger partial charge in [0.25, 0.3) is 0 Å². The van der Waals surface area contributed by atoms with Crippen LogP contribution < -0.4 is 10.0 Å². The van der Waals surface area contributed by atoms with E-state index in [9.17, 15) is 13.2 Å². The zero-order valence-electron chi connectivity index (χ0n) is 7.04. The Morgan fingerprint density at radius 2 is 1.83 bits per heavy atom. The summed E-state index contributed by atoms with van der Waals surface area (Å²) in [6.45, 7) is 1.02. The van der Waals surface area contributed by atoms with Crippen molar-refractivity contribution in [1.29, 1.82) is 0 Å². The molecule has 0 radical (unpaired) electrons. The summed E-state index contributed by atoms with van der Waals surface area (Å²) in [7, 11) is -3.06. The van der Waals surface area contributed by atoms with E-state index < -0.39 is 10.0 Å². The van der Waals surface area contributed by atoms with Gasteiger partial charge in [0.1, 0.15) is 0 Å². The molecule has 0 atom stereocenters. The van der Waals surface area contributed by atoms with Crippen molar-refractivity contribution in [1.82, 2.24) is 10.0 Å². The lowest BCUT2D eigenvalue weighted by atomic mass is 10.3. The van der Waals surface area contributed by atoms with Gasteiger partial charge >= 0.3 is 0 Å². The van der Waals surface area contributed by atoms with Crippen LogP contribution in [0.3, 0.4) is 0 Å². The molecule has 2 N–H and O–H groups in total. The molecule has 0 aromatic carbocycles. The molecular weight excluding hydrogens is 180 g/mol. The van der Waals surface area contributed by atoms with Crippen LogP contribution in [0.1, 0.15) is 12.8 Å². The van der Waals surface area contributed by atoms with Gasteiger partial charge in [-0.2, -0.15) is 0 Å². The van der Waals surface area contributed by atoms with Crippen LogP contribution in [0, 0.1) is 0 Å². The molecule has 0 aliphatic rings. The van der Waals surface area contributed by atoms with Crippen LogP contribution in [0.5, 0.6) is 0 Å². The minimum absolute atomic E-state index is 0.430. The Hall–Kier alpha value is -0.620. The summed E-state index contributed by atoms with van der Waals surface area (Å²) in [5.41, 5.74) is 0. The van der Waals surface area contributed by atoms with E-state index in [1.807, 2.05) is 0 Å². The summed E-state index contributed by atoms with van der Waals surface area (Å²) in [5, 5.41) is 2.49. The molecule has 0 rings (SSSR count). The lowest BCUT2D eigenvalue weighted by molar-refractivity contribution is -0.109. The molecule has 12 heavy (non-hydrogen) atoms. The summed E-state index contributed by atoms with van der Waals surface area (Å²) in [5.74, 6) is 0. The highest BCUT2D eigenvalue weighted by molar-refractivity contribution is 7.88. The molecule has 0 fully saturated rings. The van der Waals surface area contributed by atoms with Crippen molar-refractivity contribution in [3.05, 3.63) is 0 Å². The van der Waals surface area contributed by atoms with E-state index in [1.165, 1.54) is 0 Å². The normalized spacial score (nSPS) is 11.1. The van der Waals surface area contributed by atoms with E-state index in [1.54, 1.807) is 0 Å². The highest BCUT2D eigenvalue weighted by Crippen LogP contribution is 1.85. The maximum absolute atomic E-state index is 10.5. The van der Waals surface area contributed by atoms with Gasteiger partial charge < -0.3 is 5.32 Å². The smallest absolute Gasteiger partial charge is 0.208 e. The second-order valence-electron chi connectivity index (χ2n) is 2.45. The number of carbonyl (C=O) groups excluding carboxylic acids is 1. The molecule has 0 aliphatic carbocycles. The topological polar surface area (TPSA) is 75.3 Å². The first-order valence-electron chi connectivity index (χ1n) is 3.68. The molecule has 0 aromatic heterocycles. The van der Waals surface area contributed by atoms with Crippen molar-refractivity contribution in [2.75, 3.05) is 19.3 Å². The fourth-order valence-corrected chi connectivity index (χ4v) is 1.18. The van der Waals surface area contributed by atoms with Crippen LogP contribution in [0.15, 0.2) is 0 Å². The quantitative estimate of drug-likeness (QED) is 0.406. The van der Waals surface area contributed by atoms with Crippen molar-refractivity contribution in [3.63, 3.8) is 0 Å². The number of nitrogens with one attached hydrogen (secondary N) is 2. The number of amides is 1. The predicted molar refractivity (Wildman–Crippen MR) is 46.1 cm³/mol. The second-order valence-corrected chi connectivity index (χ2v) is 4.28. The van der Waals surface area contributed by atoms with Crippen LogP contribution in [-0.2, 0) is 14.8 Å². The Balaban J connectivity index is 3.17. The average molecular weight is 194 g/mol. The van der Waals surface area contributed by atoms with E-state index in [0.717, 1.165) is 19.1 Å². The fraction of sp³-hybridized carbons (Fsp3) is 0.833. The third-order valence-corrected chi connectivity index (χ3v) is 1.92. The Kier molecular flexibility index (Phi) is 5.65. The van der Waals surface area contributed by atoms with E-state index >= 15 is 0 Å². The summed E-state index contributed by atoms with van der Waals surface area (Å²) in [4.78, 5) is 9.77. The molecule has 0 bridgehead atoms. The molecule has 0 saturated heterocycles. The number of sulfonamides is 1. The van der Waals surface area contributed by atoms with Crippen LogP contribution >= 0.6 is 0 Å². The SMILES string of the molecule is CS(=O)(=O)NCCCCNC=O. The van der Waals surface area contributed by atoms with Gasteiger partial charge in [0.15, 0.2) is 0 Å². The number of unbranched alkanes of at least 4 members (excludes halogenated alkanes) is 1. The van der Waals surface area contributed by atoms with Gasteiger partial charge in [-0.25, -0.2) is 13.1 Å². The molecule has 0 aliphatic heterocycles. The minimum atomic E-state index is -3.06. The third kappa shape index (κ3) is 9.38. The first-order valence-corrected chi connectivity index (χ1v) is 5.57. The molecule has 6 heteroatoms. The molecule has 0 heterocycles. The van der Waals surface area contributed by atoms with Gasteiger partial charge in [-0.1, -0.05) is 0 Å². The van der Waals surface area contributed by atoms with E-state index in [2.05, 4.69) is 10.0 Å². The number of rotatable bonds is 7. The predicted octanol–water partition coefficient (Wildman–Crippen LogP) is -0.938. The van der Waals surface area contributed by atoms with E-state index in [-0.39, 0.29) is 0 Å². The average Bonchev–Trinajstić information content (AvgIpc) is 1.94. The molecule has 0 spiro atoms. The highest BCUT2D eigenvalue weighted by atomic mass is 32.2. The zero-order chi connectivity index (χ0) is 9.45. The molecule has 0 saturated carbocycles. The first-order chi connectivity index (χ1) is 5.56. The zero-order valence-corrected chi connectivity index (χ0v) is 7.86. The van der Waals surface area contributed by atoms with Crippen LogP contribution in [0.4, 0.5) is 0 Å². The Morgan fingerprint density at radius 3 is 2.33 bits per heavy atom. The maximum atomic E-state index is 10.5. The highest BCUT2D eigenvalue weighted by Gasteiger charge is 1.97. The Labute approximate surface area is 72.6 Å². The number of hydrogen-bond donors (Lipinski definition) is 2. The second kappa shape index (κ2) is 5.96. The number of carbonyl (C=O) groups is 1. The molecule has 5 nitrogen and oxygen atoms in total. The lowest BCUT2D eigenvalue weighted by Crippen LogP contribution is -2.23. The van der Waals surface area contributed by atoms with Crippen molar-refractivity contribution >= 4 is 16.4 Å². The lowest BCUT2D eigenvalue weighted by Gasteiger charge is -2.01. The molecule has 0 aromatic rings. The molecule has 0 unspecified atom stereocenters. The summed E-state index contributed by atoms with van der Waals surface area (Å²) in [6, 6.07) is 0. The van der Waals surface area contributed by atoms with E-state index in [0.29, 0.717) is 19.5 Å². The van der Waals surface area contributed by atoms with Crippen LogP contribution in [0.2, 0.25) is 0 Å². The maximum Gasteiger partial charge on any atom is 0.208 e. The van der Waals surface area contributed by atoms with E-state index in [4.69, 9.17) is 0 Å². The molecule has 1 amide bonds.